The zero-order valence-electron chi connectivity index (χ0n) is 12.8. The summed E-state index contributed by atoms with van der Waals surface area (Å²) < 4.78 is 2.29. The lowest BCUT2D eigenvalue weighted by Crippen LogP contribution is -2.06. The molecule has 4 aromatic rings. The van der Waals surface area contributed by atoms with Crippen LogP contribution in [0.4, 0.5) is 0 Å². The largest absolute Gasteiger partial charge is 0.323 e. The van der Waals surface area contributed by atoms with E-state index in [-0.39, 0.29) is 0 Å². The van der Waals surface area contributed by atoms with Crippen LogP contribution in [-0.4, -0.2) is 14.5 Å². The third-order valence-electron chi connectivity index (χ3n) is 3.98. The van der Waals surface area contributed by atoms with Gasteiger partial charge in [-0.05, 0) is 29.8 Å². The molecule has 0 spiro atoms. The molecule has 0 unspecified atom stereocenters. The smallest absolute Gasteiger partial charge is 0.116 e. The van der Waals surface area contributed by atoms with E-state index in [0.717, 1.165) is 30.0 Å². The van der Waals surface area contributed by atoms with Gasteiger partial charge < -0.3 is 4.57 Å². The topological polar surface area (TPSA) is 30.7 Å². The van der Waals surface area contributed by atoms with Crippen LogP contribution in [0.5, 0.6) is 0 Å². The zero-order chi connectivity index (χ0) is 15.5. The second-order valence-electron chi connectivity index (χ2n) is 5.59. The minimum Gasteiger partial charge on any atom is -0.323 e. The van der Waals surface area contributed by atoms with Crippen molar-refractivity contribution in [2.45, 2.75) is 13.0 Å². The molecule has 112 valence electrons. The minimum absolute atomic E-state index is 0.738. The van der Waals surface area contributed by atoms with Gasteiger partial charge in [-0.25, -0.2) is 4.98 Å². The number of nitrogens with zero attached hydrogens (tertiary/aromatic N) is 3. The van der Waals surface area contributed by atoms with Crippen molar-refractivity contribution in [1.82, 2.24) is 14.5 Å². The maximum atomic E-state index is 4.83. The van der Waals surface area contributed by atoms with Crippen LogP contribution in [-0.2, 0) is 13.0 Å². The van der Waals surface area contributed by atoms with Crippen LogP contribution in [0.1, 0.15) is 17.1 Å². The number of hydrogen-bond acceptors (Lipinski definition) is 2. The number of hydrogen-bond donors (Lipinski definition) is 0. The molecule has 0 saturated carbocycles. The maximum Gasteiger partial charge on any atom is 0.116 e. The van der Waals surface area contributed by atoms with Crippen LogP contribution in [0.2, 0.25) is 0 Å². The maximum absolute atomic E-state index is 4.83. The van der Waals surface area contributed by atoms with Crippen LogP contribution < -0.4 is 0 Å². The van der Waals surface area contributed by atoms with E-state index in [4.69, 9.17) is 4.98 Å². The molecule has 0 aliphatic heterocycles. The lowest BCUT2D eigenvalue weighted by molar-refractivity contribution is 0.756. The molecule has 23 heavy (non-hydrogen) atoms. The lowest BCUT2D eigenvalue weighted by atomic mass is 10.2. The van der Waals surface area contributed by atoms with Gasteiger partial charge in [0.1, 0.15) is 5.82 Å². The fourth-order valence-corrected chi connectivity index (χ4v) is 2.87. The average molecular weight is 299 g/mol. The quantitative estimate of drug-likeness (QED) is 0.568. The van der Waals surface area contributed by atoms with Gasteiger partial charge in [0.2, 0.25) is 0 Å². The molecular weight excluding hydrogens is 282 g/mol. The zero-order valence-corrected chi connectivity index (χ0v) is 12.8. The molecule has 0 atom stereocenters. The summed E-state index contributed by atoms with van der Waals surface area (Å²) >= 11 is 0. The Labute approximate surface area is 135 Å². The van der Waals surface area contributed by atoms with Crippen LogP contribution in [0.25, 0.3) is 11.0 Å². The predicted octanol–water partition coefficient (Wildman–Crippen LogP) is 4.07. The molecule has 2 aromatic heterocycles. The summed E-state index contributed by atoms with van der Waals surface area (Å²) in [5.41, 5.74) is 4.52. The van der Waals surface area contributed by atoms with Crippen LogP contribution >= 0.6 is 0 Å². The molecule has 0 N–H and O–H groups in total. The Bertz CT molecular complexity index is 911. The van der Waals surface area contributed by atoms with E-state index in [9.17, 15) is 0 Å². The Morgan fingerprint density at radius 2 is 1.57 bits per heavy atom. The molecule has 0 fully saturated rings. The van der Waals surface area contributed by atoms with Gasteiger partial charge in [-0.3, -0.25) is 4.98 Å². The lowest BCUT2D eigenvalue weighted by Gasteiger charge is -2.09. The molecule has 0 radical (unpaired) electrons. The highest BCUT2D eigenvalue weighted by atomic mass is 15.1. The number of benzene rings is 2. The van der Waals surface area contributed by atoms with Crippen LogP contribution in [0.3, 0.4) is 0 Å². The number of para-hydroxylation sites is 2. The van der Waals surface area contributed by atoms with Crippen molar-refractivity contribution in [3.05, 3.63) is 96.1 Å². The molecule has 0 saturated heterocycles. The normalized spacial score (nSPS) is 11.0. The van der Waals surface area contributed by atoms with Crippen molar-refractivity contribution in [1.29, 1.82) is 0 Å². The molecule has 4 rings (SSSR count). The summed E-state index contributed by atoms with van der Waals surface area (Å²) in [6.07, 6.45) is 2.57. The van der Waals surface area contributed by atoms with E-state index in [1.165, 1.54) is 11.1 Å². The summed E-state index contributed by atoms with van der Waals surface area (Å²) in [5, 5.41) is 0. The Hall–Kier alpha value is -2.94. The molecule has 3 heteroatoms. The van der Waals surface area contributed by atoms with Gasteiger partial charge in [0.25, 0.3) is 0 Å². The third kappa shape index (κ3) is 2.86. The fraction of sp³-hybridized carbons (Fsp3) is 0.100. The molecule has 0 aliphatic rings. The summed E-state index contributed by atoms with van der Waals surface area (Å²) in [6.45, 7) is 0.823. The van der Waals surface area contributed by atoms with Gasteiger partial charge >= 0.3 is 0 Å². The molecule has 3 nitrogen and oxygen atoms in total. The van der Waals surface area contributed by atoms with E-state index < -0.39 is 0 Å². The van der Waals surface area contributed by atoms with E-state index in [2.05, 4.69) is 52.0 Å². The van der Waals surface area contributed by atoms with Crippen molar-refractivity contribution in [3.63, 3.8) is 0 Å². The van der Waals surface area contributed by atoms with Crippen molar-refractivity contribution in [2.24, 2.45) is 0 Å². The van der Waals surface area contributed by atoms with E-state index in [1.54, 1.807) is 0 Å². The standard InChI is InChI=1S/C20H17N3/c1-2-8-16(9-3-1)15-23-19-12-5-4-11-18(19)22-20(23)14-17-10-6-7-13-21-17/h1-13H,14-15H2. The van der Waals surface area contributed by atoms with E-state index in [1.807, 2.05) is 36.5 Å². The monoisotopic (exact) mass is 299 g/mol. The van der Waals surface area contributed by atoms with Gasteiger partial charge in [-0.2, -0.15) is 0 Å². The Morgan fingerprint density at radius 3 is 2.39 bits per heavy atom. The van der Waals surface area contributed by atoms with Crippen molar-refractivity contribution in [2.75, 3.05) is 0 Å². The summed E-state index contributed by atoms with van der Waals surface area (Å²) in [6, 6.07) is 24.8. The third-order valence-corrected chi connectivity index (χ3v) is 3.98. The molecule has 0 amide bonds. The van der Waals surface area contributed by atoms with Gasteiger partial charge in [0.05, 0.1) is 11.0 Å². The molecular formula is C20H17N3. The van der Waals surface area contributed by atoms with Crippen molar-refractivity contribution < 1.29 is 0 Å². The summed E-state index contributed by atoms with van der Waals surface area (Å²) in [7, 11) is 0. The van der Waals surface area contributed by atoms with E-state index in [0.29, 0.717) is 0 Å². The first-order valence-electron chi connectivity index (χ1n) is 7.78. The highest BCUT2D eigenvalue weighted by molar-refractivity contribution is 5.76. The van der Waals surface area contributed by atoms with E-state index >= 15 is 0 Å². The first-order valence-corrected chi connectivity index (χ1v) is 7.78. The molecule has 2 aromatic carbocycles. The number of fused-ring (bicyclic) bond motifs is 1. The molecule has 0 aliphatic carbocycles. The van der Waals surface area contributed by atoms with Crippen LogP contribution in [0, 0.1) is 0 Å². The van der Waals surface area contributed by atoms with Gasteiger partial charge in [0, 0.05) is 24.9 Å². The van der Waals surface area contributed by atoms with Crippen LogP contribution in [0.15, 0.2) is 79.0 Å². The highest BCUT2D eigenvalue weighted by Gasteiger charge is 2.11. The predicted molar refractivity (Wildman–Crippen MR) is 92.3 cm³/mol. The SMILES string of the molecule is c1ccc(Cn2c(Cc3ccccn3)nc3ccccc32)cc1. The van der Waals surface area contributed by atoms with Crippen molar-refractivity contribution >= 4 is 11.0 Å². The Morgan fingerprint density at radius 1 is 0.783 bits per heavy atom. The number of pyridine rings is 1. The Kier molecular flexibility index (Phi) is 3.60. The number of imidazole rings is 1. The highest BCUT2D eigenvalue weighted by Crippen LogP contribution is 2.19. The Balaban J connectivity index is 1.78. The number of rotatable bonds is 4. The van der Waals surface area contributed by atoms with Gasteiger partial charge in [-0.15, -0.1) is 0 Å². The first-order chi connectivity index (χ1) is 11.4. The average Bonchev–Trinajstić information content (AvgIpc) is 2.94. The molecule has 0 bridgehead atoms. The van der Waals surface area contributed by atoms with Gasteiger partial charge in [0.15, 0.2) is 0 Å². The second-order valence-corrected chi connectivity index (χ2v) is 5.59. The van der Waals surface area contributed by atoms with Gasteiger partial charge in [-0.1, -0.05) is 48.5 Å². The summed E-state index contributed by atoms with van der Waals surface area (Å²) in [5.74, 6) is 1.05. The molecule has 2 heterocycles. The number of aromatic nitrogens is 3. The second kappa shape index (κ2) is 6.05. The fourth-order valence-electron chi connectivity index (χ4n) is 2.87. The first kappa shape index (κ1) is 13.7. The minimum atomic E-state index is 0.738. The summed E-state index contributed by atoms with van der Waals surface area (Å²) in [4.78, 5) is 9.27. The van der Waals surface area contributed by atoms with Crippen molar-refractivity contribution in [3.8, 4) is 0 Å².